The number of pyridine rings is 1. The van der Waals surface area contributed by atoms with Gasteiger partial charge in [-0.1, -0.05) is 15.9 Å². The van der Waals surface area contributed by atoms with Gasteiger partial charge < -0.3 is 4.74 Å². The molecule has 0 N–H and O–H groups in total. The predicted molar refractivity (Wildman–Crippen MR) is 69.8 cm³/mol. The summed E-state index contributed by atoms with van der Waals surface area (Å²) in [6, 6.07) is 3.67. The lowest BCUT2D eigenvalue weighted by atomic mass is 10.2. The summed E-state index contributed by atoms with van der Waals surface area (Å²) < 4.78 is 5.12. The third kappa shape index (κ3) is 2.18. The van der Waals surface area contributed by atoms with Crippen molar-refractivity contribution >= 4 is 27.7 Å². The maximum absolute atomic E-state index is 11.9. The summed E-state index contributed by atoms with van der Waals surface area (Å²) in [5.41, 5.74) is 0.309. The van der Waals surface area contributed by atoms with Crippen LogP contribution in [0.2, 0.25) is 0 Å². The third-order valence-electron chi connectivity index (χ3n) is 2.90. The zero-order valence-electron chi connectivity index (χ0n) is 9.89. The number of nitriles is 1. The highest BCUT2D eigenvalue weighted by Gasteiger charge is 2.32. The van der Waals surface area contributed by atoms with E-state index >= 15 is 0 Å². The van der Waals surface area contributed by atoms with E-state index in [-0.39, 0.29) is 11.8 Å². The molecule has 94 valence electrons. The van der Waals surface area contributed by atoms with Crippen LogP contribution >= 0.6 is 15.9 Å². The van der Waals surface area contributed by atoms with Crippen LogP contribution in [0.5, 0.6) is 5.75 Å². The second-order valence-electron chi connectivity index (χ2n) is 4.05. The number of rotatable bonds is 3. The maximum atomic E-state index is 11.9. The molecule has 0 aliphatic carbocycles. The lowest BCUT2D eigenvalue weighted by molar-refractivity contribution is -0.117. The highest BCUT2D eigenvalue weighted by molar-refractivity contribution is 9.09. The zero-order chi connectivity index (χ0) is 13.1. The summed E-state index contributed by atoms with van der Waals surface area (Å²) in [5, 5.41) is 9.95. The van der Waals surface area contributed by atoms with E-state index in [4.69, 9.17) is 4.74 Å². The molecule has 2 heterocycles. The molecule has 0 aromatic carbocycles. The van der Waals surface area contributed by atoms with Crippen LogP contribution in [0.15, 0.2) is 12.3 Å². The zero-order valence-corrected chi connectivity index (χ0v) is 11.5. The first kappa shape index (κ1) is 12.8. The van der Waals surface area contributed by atoms with E-state index in [1.165, 1.54) is 7.11 Å². The number of carbonyl (C=O) groups excluding carboxylic acids is 1. The SMILES string of the molecule is COc1ccnc(N2CC(CBr)CC2=O)c1C#N. The molecule has 1 amide bonds. The largest absolute Gasteiger partial charge is 0.495 e. The van der Waals surface area contributed by atoms with Crippen molar-refractivity contribution in [2.75, 3.05) is 23.9 Å². The summed E-state index contributed by atoms with van der Waals surface area (Å²) in [4.78, 5) is 17.6. The summed E-state index contributed by atoms with van der Waals surface area (Å²) in [6.07, 6.45) is 2.03. The van der Waals surface area contributed by atoms with E-state index in [1.54, 1.807) is 17.2 Å². The number of halogens is 1. The standard InChI is InChI=1S/C12H12BrN3O2/c1-18-10-2-3-15-12(9(10)6-14)16-7-8(5-13)4-11(16)17/h2-3,8H,4-5,7H2,1H3. The van der Waals surface area contributed by atoms with Crippen molar-refractivity contribution in [2.24, 2.45) is 5.92 Å². The van der Waals surface area contributed by atoms with Crippen molar-refractivity contribution in [3.8, 4) is 11.8 Å². The smallest absolute Gasteiger partial charge is 0.228 e. The Bertz CT molecular complexity index is 513. The predicted octanol–water partition coefficient (Wildman–Crippen LogP) is 1.71. The van der Waals surface area contributed by atoms with Crippen molar-refractivity contribution in [1.82, 2.24) is 4.98 Å². The van der Waals surface area contributed by atoms with Crippen molar-refractivity contribution in [3.63, 3.8) is 0 Å². The maximum Gasteiger partial charge on any atom is 0.228 e. The Balaban J connectivity index is 2.40. The number of hydrogen-bond acceptors (Lipinski definition) is 4. The fourth-order valence-electron chi connectivity index (χ4n) is 2.00. The molecule has 1 aromatic heterocycles. The molecule has 0 saturated carbocycles. The average molecular weight is 310 g/mol. The summed E-state index contributed by atoms with van der Waals surface area (Å²) >= 11 is 3.38. The number of amides is 1. The summed E-state index contributed by atoms with van der Waals surface area (Å²) in [5.74, 6) is 1.09. The molecule has 1 aromatic rings. The molecule has 0 radical (unpaired) electrons. The minimum atomic E-state index is -0.00305. The van der Waals surface area contributed by atoms with Crippen LogP contribution in [0, 0.1) is 17.2 Å². The molecular formula is C12H12BrN3O2. The van der Waals surface area contributed by atoms with Gasteiger partial charge >= 0.3 is 0 Å². The quantitative estimate of drug-likeness (QED) is 0.797. The topological polar surface area (TPSA) is 66.2 Å². The number of alkyl halides is 1. The number of anilines is 1. The van der Waals surface area contributed by atoms with Crippen molar-refractivity contribution in [3.05, 3.63) is 17.8 Å². The van der Waals surface area contributed by atoms with Gasteiger partial charge in [-0.2, -0.15) is 5.26 Å². The van der Waals surface area contributed by atoms with Crippen LogP contribution in [0.1, 0.15) is 12.0 Å². The molecule has 1 fully saturated rings. The number of hydrogen-bond donors (Lipinski definition) is 0. The normalized spacial score (nSPS) is 18.8. The van der Waals surface area contributed by atoms with Gasteiger partial charge in [0.1, 0.15) is 17.4 Å². The number of carbonyl (C=O) groups is 1. The van der Waals surface area contributed by atoms with Gasteiger partial charge in [-0.15, -0.1) is 0 Å². The first-order valence-corrected chi connectivity index (χ1v) is 6.62. The Labute approximate surface area is 113 Å². The lowest BCUT2D eigenvalue weighted by Gasteiger charge is -2.17. The minimum Gasteiger partial charge on any atom is -0.495 e. The van der Waals surface area contributed by atoms with Crippen LogP contribution < -0.4 is 9.64 Å². The van der Waals surface area contributed by atoms with Gasteiger partial charge in [-0.05, 0) is 12.0 Å². The molecule has 1 aliphatic heterocycles. The molecule has 1 saturated heterocycles. The molecule has 2 rings (SSSR count). The van der Waals surface area contributed by atoms with Crippen LogP contribution in [0.4, 0.5) is 5.82 Å². The van der Waals surface area contributed by atoms with Crippen LogP contribution in [0.25, 0.3) is 0 Å². The number of methoxy groups -OCH3 is 1. The summed E-state index contributed by atoms with van der Waals surface area (Å²) in [6.45, 7) is 0.582. The highest BCUT2D eigenvalue weighted by atomic mass is 79.9. The van der Waals surface area contributed by atoms with Gasteiger partial charge in [-0.3, -0.25) is 9.69 Å². The first-order chi connectivity index (χ1) is 8.71. The molecule has 6 heteroatoms. The van der Waals surface area contributed by atoms with Gasteiger partial charge in [0.05, 0.1) is 7.11 Å². The number of nitrogens with zero attached hydrogens (tertiary/aromatic N) is 3. The van der Waals surface area contributed by atoms with E-state index in [0.717, 1.165) is 5.33 Å². The second-order valence-corrected chi connectivity index (χ2v) is 4.70. The first-order valence-electron chi connectivity index (χ1n) is 5.50. The van der Waals surface area contributed by atoms with Gasteiger partial charge in [-0.25, -0.2) is 4.98 Å². The second kappa shape index (κ2) is 5.36. The van der Waals surface area contributed by atoms with Gasteiger partial charge in [0.25, 0.3) is 0 Å². The van der Waals surface area contributed by atoms with E-state index in [2.05, 4.69) is 27.0 Å². The Morgan fingerprint density at radius 1 is 1.72 bits per heavy atom. The third-order valence-corrected chi connectivity index (χ3v) is 3.82. The monoisotopic (exact) mass is 309 g/mol. The lowest BCUT2D eigenvalue weighted by Crippen LogP contribution is -2.26. The van der Waals surface area contributed by atoms with E-state index < -0.39 is 0 Å². The van der Waals surface area contributed by atoms with Crippen LogP contribution in [-0.4, -0.2) is 29.9 Å². The highest BCUT2D eigenvalue weighted by Crippen LogP contribution is 2.31. The molecule has 0 spiro atoms. The Morgan fingerprint density at radius 2 is 2.50 bits per heavy atom. The summed E-state index contributed by atoms with van der Waals surface area (Å²) in [7, 11) is 1.49. The fraction of sp³-hybridized carbons (Fsp3) is 0.417. The minimum absolute atomic E-state index is 0.00305. The van der Waals surface area contributed by atoms with Crippen LogP contribution in [0.3, 0.4) is 0 Å². The Kier molecular flexibility index (Phi) is 3.82. The van der Waals surface area contributed by atoms with E-state index in [9.17, 15) is 10.1 Å². The molecule has 1 atom stereocenters. The average Bonchev–Trinajstić information content (AvgIpc) is 2.78. The molecular weight excluding hydrogens is 298 g/mol. The van der Waals surface area contributed by atoms with Crippen molar-refractivity contribution in [2.45, 2.75) is 6.42 Å². The van der Waals surface area contributed by atoms with Crippen molar-refractivity contribution in [1.29, 1.82) is 5.26 Å². The molecule has 18 heavy (non-hydrogen) atoms. The molecule has 1 unspecified atom stereocenters. The van der Waals surface area contributed by atoms with E-state index in [0.29, 0.717) is 30.1 Å². The molecule has 0 bridgehead atoms. The fourth-order valence-corrected chi connectivity index (χ4v) is 2.44. The Morgan fingerprint density at radius 3 is 3.06 bits per heavy atom. The molecule has 1 aliphatic rings. The molecule has 5 nitrogen and oxygen atoms in total. The van der Waals surface area contributed by atoms with Gasteiger partial charge in [0, 0.05) is 24.5 Å². The van der Waals surface area contributed by atoms with Crippen LogP contribution in [-0.2, 0) is 4.79 Å². The van der Waals surface area contributed by atoms with Gasteiger partial charge in [0.15, 0.2) is 5.82 Å². The van der Waals surface area contributed by atoms with E-state index in [1.807, 2.05) is 0 Å². The van der Waals surface area contributed by atoms with Gasteiger partial charge in [0.2, 0.25) is 5.91 Å². The Hall–Kier alpha value is -1.61. The number of aromatic nitrogens is 1. The number of ether oxygens (including phenoxy) is 1. The van der Waals surface area contributed by atoms with Crippen molar-refractivity contribution < 1.29 is 9.53 Å².